The first-order valence-corrected chi connectivity index (χ1v) is 14.8. The number of nitriles is 1. The van der Waals surface area contributed by atoms with Gasteiger partial charge in [0.2, 0.25) is 5.88 Å². The van der Waals surface area contributed by atoms with Crippen molar-refractivity contribution in [3.8, 4) is 34.8 Å². The Kier molecular flexibility index (Phi) is 10.8. The molecular weight excluding hydrogens is 568 g/mol. The molecule has 8 nitrogen and oxygen atoms in total. The zero-order valence-electron chi connectivity index (χ0n) is 25.0. The molecule has 0 saturated carbocycles. The summed E-state index contributed by atoms with van der Waals surface area (Å²) >= 11 is 6.21. The highest BCUT2D eigenvalue weighted by molar-refractivity contribution is 6.32. The Bertz CT molecular complexity index is 1520. The van der Waals surface area contributed by atoms with E-state index in [1.165, 1.54) is 19.3 Å². The molecule has 0 radical (unpaired) electrons. The van der Waals surface area contributed by atoms with Gasteiger partial charge in [0.25, 0.3) is 0 Å². The van der Waals surface area contributed by atoms with E-state index in [0.717, 1.165) is 29.5 Å². The van der Waals surface area contributed by atoms with E-state index in [2.05, 4.69) is 13.0 Å². The number of hydrogen-bond donors (Lipinski definition) is 1. The molecule has 0 aliphatic carbocycles. The number of halogens is 1. The molecule has 2 N–H and O–H groups in total. The maximum atomic E-state index is 12.6. The number of unbranched alkanes of at least 4 members (excludes halogenated alkanes) is 4. The van der Waals surface area contributed by atoms with Crippen molar-refractivity contribution in [2.24, 2.45) is 5.73 Å². The second kappa shape index (κ2) is 14.7. The predicted octanol–water partition coefficient (Wildman–Crippen LogP) is 7.52. The van der Waals surface area contributed by atoms with Crippen LogP contribution in [0.15, 0.2) is 60.0 Å². The quantitative estimate of drug-likeness (QED) is 0.121. The number of fused-ring (bicyclic) bond motifs is 1. The first-order chi connectivity index (χ1) is 20.7. The molecule has 1 aliphatic heterocycles. The van der Waals surface area contributed by atoms with Crippen molar-refractivity contribution in [3.63, 3.8) is 0 Å². The molecule has 3 aromatic carbocycles. The van der Waals surface area contributed by atoms with E-state index in [1.807, 2.05) is 32.0 Å². The molecule has 226 valence electrons. The van der Waals surface area contributed by atoms with Crippen molar-refractivity contribution in [2.75, 3.05) is 20.3 Å². The maximum Gasteiger partial charge on any atom is 0.349 e. The number of hydrogen-bond acceptors (Lipinski definition) is 8. The highest BCUT2D eigenvalue weighted by Gasteiger charge is 2.32. The number of allylic oxidation sites excluding steroid dienone is 1. The van der Waals surface area contributed by atoms with Gasteiger partial charge in [0.1, 0.15) is 28.9 Å². The lowest BCUT2D eigenvalue weighted by atomic mass is 9.83. The summed E-state index contributed by atoms with van der Waals surface area (Å²) in [5.74, 6) is 1.22. The van der Waals surface area contributed by atoms with Crippen molar-refractivity contribution >= 4 is 17.6 Å². The van der Waals surface area contributed by atoms with Crippen LogP contribution >= 0.6 is 11.6 Å². The van der Waals surface area contributed by atoms with Gasteiger partial charge >= 0.3 is 5.97 Å². The molecule has 1 heterocycles. The molecule has 1 atom stereocenters. The summed E-state index contributed by atoms with van der Waals surface area (Å²) in [7, 11) is 1.58. The lowest BCUT2D eigenvalue weighted by molar-refractivity contribution is -0.136. The average molecular weight is 605 g/mol. The molecule has 0 amide bonds. The Morgan fingerprint density at radius 3 is 2.42 bits per heavy atom. The van der Waals surface area contributed by atoms with E-state index in [4.69, 9.17) is 41.0 Å². The molecule has 0 spiro atoms. The molecule has 1 aliphatic rings. The second-order valence-electron chi connectivity index (χ2n) is 10.4. The molecule has 0 aromatic heterocycles. The van der Waals surface area contributed by atoms with Gasteiger partial charge in [-0.3, -0.25) is 0 Å². The third kappa shape index (κ3) is 7.74. The SMILES string of the molecule is CCCCCCCOc1ccc(C2C(C#N)=C(N)Oc3cc(OC(=O)COc4cc(C)c(Cl)c(C)c4)ccc32)cc1OC. The standard InChI is InChI=1S/C34H37ClN2O6/c1-5-6-7-8-9-14-40-28-13-10-23(17-30(28)39-4)32-26-12-11-24(18-29(26)43-34(37)27(32)19-36)42-31(38)20-41-25-15-21(2)33(35)22(3)16-25/h10-13,15-18,32H,5-9,14,20,37H2,1-4H3. The van der Waals surface area contributed by atoms with Crippen LogP contribution in [0.2, 0.25) is 5.02 Å². The molecule has 4 rings (SSSR count). The minimum Gasteiger partial charge on any atom is -0.493 e. The summed E-state index contributed by atoms with van der Waals surface area (Å²) < 4.78 is 28.5. The van der Waals surface area contributed by atoms with Crippen LogP contribution in [0.25, 0.3) is 0 Å². The predicted molar refractivity (Wildman–Crippen MR) is 165 cm³/mol. The smallest absolute Gasteiger partial charge is 0.349 e. The van der Waals surface area contributed by atoms with Gasteiger partial charge in [-0.2, -0.15) is 5.26 Å². The van der Waals surface area contributed by atoms with Crippen LogP contribution in [0.4, 0.5) is 0 Å². The number of benzene rings is 3. The van der Waals surface area contributed by atoms with Gasteiger partial charge in [-0.05, 0) is 67.3 Å². The van der Waals surface area contributed by atoms with Crippen molar-refractivity contribution in [3.05, 3.63) is 87.3 Å². The van der Waals surface area contributed by atoms with Crippen molar-refractivity contribution < 1.29 is 28.5 Å². The first kappa shape index (κ1) is 31.6. The van der Waals surface area contributed by atoms with Crippen LogP contribution in [0.3, 0.4) is 0 Å². The Morgan fingerprint density at radius 1 is 0.977 bits per heavy atom. The van der Waals surface area contributed by atoms with E-state index >= 15 is 0 Å². The topological polar surface area (TPSA) is 113 Å². The summed E-state index contributed by atoms with van der Waals surface area (Å²) in [6.45, 7) is 6.23. The van der Waals surface area contributed by atoms with Gasteiger partial charge in [-0.1, -0.05) is 56.3 Å². The van der Waals surface area contributed by atoms with E-state index < -0.39 is 11.9 Å². The molecule has 1 unspecified atom stereocenters. The monoisotopic (exact) mass is 604 g/mol. The van der Waals surface area contributed by atoms with Gasteiger partial charge < -0.3 is 29.4 Å². The summed E-state index contributed by atoms with van der Waals surface area (Å²) in [5, 5.41) is 10.6. The second-order valence-corrected chi connectivity index (χ2v) is 10.8. The molecule has 0 saturated heterocycles. The van der Waals surface area contributed by atoms with Crippen LogP contribution in [-0.4, -0.2) is 26.3 Å². The Balaban J connectivity index is 1.49. The summed E-state index contributed by atoms with van der Waals surface area (Å²) in [4.78, 5) is 12.6. The number of carbonyl (C=O) groups excluding carboxylic acids is 1. The Hall–Kier alpha value is -4.35. The number of carbonyl (C=O) groups is 1. The van der Waals surface area contributed by atoms with Crippen molar-refractivity contribution in [1.82, 2.24) is 0 Å². The number of methoxy groups -OCH3 is 1. The fourth-order valence-electron chi connectivity index (χ4n) is 5.01. The molecule has 43 heavy (non-hydrogen) atoms. The highest BCUT2D eigenvalue weighted by Crippen LogP contribution is 2.45. The van der Waals surface area contributed by atoms with E-state index in [1.54, 1.807) is 37.4 Å². The zero-order valence-corrected chi connectivity index (χ0v) is 25.8. The molecule has 0 fully saturated rings. The highest BCUT2D eigenvalue weighted by atomic mass is 35.5. The van der Waals surface area contributed by atoms with Crippen LogP contribution < -0.4 is 29.4 Å². The largest absolute Gasteiger partial charge is 0.493 e. The summed E-state index contributed by atoms with van der Waals surface area (Å²) in [6.07, 6.45) is 5.71. The van der Waals surface area contributed by atoms with Gasteiger partial charge in [-0.15, -0.1) is 0 Å². The van der Waals surface area contributed by atoms with Crippen LogP contribution in [0.1, 0.15) is 67.2 Å². The summed E-state index contributed by atoms with van der Waals surface area (Å²) in [6, 6.07) is 16.3. The fourth-order valence-corrected chi connectivity index (χ4v) is 5.11. The number of rotatable bonds is 13. The van der Waals surface area contributed by atoms with Gasteiger partial charge in [0.05, 0.1) is 19.6 Å². The van der Waals surface area contributed by atoms with E-state index in [-0.39, 0.29) is 23.8 Å². The van der Waals surface area contributed by atoms with Crippen molar-refractivity contribution in [2.45, 2.75) is 58.8 Å². The van der Waals surface area contributed by atoms with Gasteiger partial charge in [0, 0.05) is 16.7 Å². The third-order valence-corrected chi connectivity index (χ3v) is 7.81. The Labute approximate surface area is 257 Å². The van der Waals surface area contributed by atoms with E-state index in [9.17, 15) is 10.1 Å². The number of nitrogens with two attached hydrogens (primary N) is 1. The van der Waals surface area contributed by atoms with Gasteiger partial charge in [0.15, 0.2) is 18.1 Å². The number of esters is 1. The lowest BCUT2D eigenvalue weighted by Gasteiger charge is -2.27. The molecule has 9 heteroatoms. The first-order valence-electron chi connectivity index (χ1n) is 14.4. The van der Waals surface area contributed by atoms with E-state index in [0.29, 0.717) is 40.2 Å². The molecular formula is C34H37ClN2O6. The third-order valence-electron chi connectivity index (χ3n) is 7.22. The lowest BCUT2D eigenvalue weighted by Crippen LogP contribution is -2.22. The number of aryl methyl sites for hydroxylation is 2. The Morgan fingerprint density at radius 2 is 1.72 bits per heavy atom. The fraction of sp³-hybridized carbons (Fsp3) is 0.353. The summed E-state index contributed by atoms with van der Waals surface area (Å²) in [5.41, 5.74) is 9.64. The number of ether oxygens (including phenoxy) is 5. The average Bonchev–Trinajstić information content (AvgIpc) is 2.99. The minimum absolute atomic E-state index is 0.0216. The van der Waals surface area contributed by atoms with Crippen LogP contribution in [0.5, 0.6) is 28.7 Å². The minimum atomic E-state index is -0.593. The van der Waals surface area contributed by atoms with Gasteiger partial charge in [-0.25, -0.2) is 4.79 Å². The molecule has 0 bridgehead atoms. The van der Waals surface area contributed by atoms with Crippen LogP contribution in [0, 0.1) is 25.2 Å². The maximum absolute atomic E-state index is 12.6. The zero-order chi connectivity index (χ0) is 30.9. The van der Waals surface area contributed by atoms with Crippen LogP contribution in [-0.2, 0) is 4.79 Å². The normalized spacial score (nSPS) is 13.9. The molecule has 3 aromatic rings. The van der Waals surface area contributed by atoms with Crippen molar-refractivity contribution in [1.29, 1.82) is 5.26 Å². The number of nitrogens with zero attached hydrogens (tertiary/aromatic N) is 1.